The SMILES string of the molecule is CCC(CC)(C(=O)O)C(=O)OCCCCC#N. The van der Waals surface area contributed by atoms with Gasteiger partial charge in [-0.05, 0) is 25.7 Å². The van der Waals surface area contributed by atoms with Crippen LogP contribution in [0.2, 0.25) is 0 Å². The molecule has 0 heterocycles. The topological polar surface area (TPSA) is 87.4 Å². The second-order valence-electron chi connectivity index (χ2n) is 3.85. The molecule has 0 saturated carbocycles. The quantitative estimate of drug-likeness (QED) is 0.399. The number of hydrogen-bond acceptors (Lipinski definition) is 4. The molecule has 0 spiro atoms. The van der Waals surface area contributed by atoms with Crippen LogP contribution in [0.3, 0.4) is 0 Å². The Labute approximate surface area is 101 Å². The zero-order valence-electron chi connectivity index (χ0n) is 10.4. The number of hydrogen-bond donors (Lipinski definition) is 1. The van der Waals surface area contributed by atoms with Gasteiger partial charge in [-0.25, -0.2) is 0 Å². The monoisotopic (exact) mass is 241 g/mol. The van der Waals surface area contributed by atoms with Crippen LogP contribution >= 0.6 is 0 Å². The van der Waals surface area contributed by atoms with Gasteiger partial charge in [-0.2, -0.15) is 5.26 Å². The summed E-state index contributed by atoms with van der Waals surface area (Å²) in [4.78, 5) is 22.8. The van der Waals surface area contributed by atoms with Gasteiger partial charge in [0.2, 0.25) is 0 Å². The number of ether oxygens (including phenoxy) is 1. The predicted molar refractivity (Wildman–Crippen MR) is 61.1 cm³/mol. The van der Waals surface area contributed by atoms with E-state index in [4.69, 9.17) is 15.1 Å². The zero-order chi connectivity index (χ0) is 13.3. The molecule has 0 aliphatic heterocycles. The first-order valence-corrected chi connectivity index (χ1v) is 5.82. The maximum Gasteiger partial charge on any atom is 0.323 e. The van der Waals surface area contributed by atoms with Crippen LogP contribution in [0, 0.1) is 16.7 Å². The van der Waals surface area contributed by atoms with Gasteiger partial charge in [-0.3, -0.25) is 9.59 Å². The van der Waals surface area contributed by atoms with Crippen molar-refractivity contribution in [1.82, 2.24) is 0 Å². The third kappa shape index (κ3) is 4.06. The van der Waals surface area contributed by atoms with Crippen molar-refractivity contribution in [3.8, 4) is 6.07 Å². The molecule has 0 aromatic heterocycles. The van der Waals surface area contributed by atoms with Gasteiger partial charge < -0.3 is 9.84 Å². The van der Waals surface area contributed by atoms with Crippen molar-refractivity contribution in [3.05, 3.63) is 0 Å². The average Bonchev–Trinajstić information content (AvgIpc) is 2.30. The number of esters is 1. The van der Waals surface area contributed by atoms with Crippen LogP contribution in [0.4, 0.5) is 0 Å². The maximum absolute atomic E-state index is 11.7. The van der Waals surface area contributed by atoms with E-state index in [0.717, 1.165) is 0 Å². The summed E-state index contributed by atoms with van der Waals surface area (Å²) in [6, 6.07) is 1.99. The fourth-order valence-corrected chi connectivity index (χ4v) is 1.54. The Balaban J connectivity index is 4.27. The van der Waals surface area contributed by atoms with Crippen LogP contribution < -0.4 is 0 Å². The molecule has 0 unspecified atom stereocenters. The van der Waals surface area contributed by atoms with Gasteiger partial charge in [0.25, 0.3) is 0 Å². The van der Waals surface area contributed by atoms with Crippen molar-refractivity contribution < 1.29 is 19.4 Å². The molecular weight excluding hydrogens is 222 g/mol. The molecule has 0 rings (SSSR count). The average molecular weight is 241 g/mol. The molecule has 0 saturated heterocycles. The van der Waals surface area contributed by atoms with Gasteiger partial charge in [-0.15, -0.1) is 0 Å². The highest BCUT2D eigenvalue weighted by Crippen LogP contribution is 2.28. The molecule has 96 valence electrons. The number of unbranched alkanes of at least 4 members (excludes halogenated alkanes) is 2. The molecule has 0 amide bonds. The fourth-order valence-electron chi connectivity index (χ4n) is 1.54. The number of rotatable bonds is 8. The molecule has 5 nitrogen and oxygen atoms in total. The second-order valence-corrected chi connectivity index (χ2v) is 3.85. The lowest BCUT2D eigenvalue weighted by Crippen LogP contribution is -2.39. The van der Waals surface area contributed by atoms with Gasteiger partial charge in [0.15, 0.2) is 5.41 Å². The molecule has 1 N–H and O–H groups in total. The summed E-state index contributed by atoms with van der Waals surface area (Å²) in [6.45, 7) is 3.50. The third-order valence-corrected chi connectivity index (χ3v) is 2.92. The summed E-state index contributed by atoms with van der Waals surface area (Å²) < 4.78 is 4.97. The van der Waals surface area contributed by atoms with E-state index in [0.29, 0.717) is 19.3 Å². The molecule has 0 bridgehead atoms. The smallest absolute Gasteiger partial charge is 0.323 e. The highest BCUT2D eigenvalue weighted by Gasteiger charge is 2.44. The Morgan fingerprint density at radius 2 is 1.88 bits per heavy atom. The first-order valence-electron chi connectivity index (χ1n) is 5.82. The summed E-state index contributed by atoms with van der Waals surface area (Å²) in [7, 11) is 0. The highest BCUT2D eigenvalue weighted by atomic mass is 16.5. The number of carbonyl (C=O) groups is 2. The number of carboxylic acid groups (broad SMARTS) is 1. The number of carbonyl (C=O) groups excluding carboxylic acids is 1. The number of nitrogens with zero attached hydrogens (tertiary/aromatic N) is 1. The van der Waals surface area contributed by atoms with E-state index >= 15 is 0 Å². The Bertz CT molecular complexity index is 302. The maximum atomic E-state index is 11.7. The van der Waals surface area contributed by atoms with Gasteiger partial charge in [0, 0.05) is 6.42 Å². The molecule has 0 fully saturated rings. The first-order chi connectivity index (χ1) is 8.05. The predicted octanol–water partition coefficient (Wildman–Crippen LogP) is 2.11. The summed E-state index contributed by atoms with van der Waals surface area (Å²) >= 11 is 0. The lowest BCUT2D eigenvalue weighted by molar-refractivity contribution is -0.169. The molecule has 0 atom stereocenters. The fraction of sp³-hybridized carbons (Fsp3) is 0.750. The van der Waals surface area contributed by atoms with Gasteiger partial charge in [0.05, 0.1) is 12.7 Å². The Kier molecular flexibility index (Phi) is 6.95. The molecule has 0 radical (unpaired) electrons. The Morgan fingerprint density at radius 1 is 1.29 bits per heavy atom. The van der Waals surface area contributed by atoms with E-state index in [1.54, 1.807) is 13.8 Å². The van der Waals surface area contributed by atoms with E-state index < -0.39 is 17.4 Å². The minimum absolute atomic E-state index is 0.176. The third-order valence-electron chi connectivity index (χ3n) is 2.92. The zero-order valence-corrected chi connectivity index (χ0v) is 10.4. The minimum atomic E-state index is -1.42. The highest BCUT2D eigenvalue weighted by molar-refractivity contribution is 5.99. The molecule has 0 aliphatic carbocycles. The lowest BCUT2D eigenvalue weighted by atomic mass is 9.82. The lowest BCUT2D eigenvalue weighted by Gasteiger charge is -2.24. The van der Waals surface area contributed by atoms with Crippen LogP contribution in [0.1, 0.15) is 46.0 Å². The first kappa shape index (κ1) is 15.4. The normalized spacial score (nSPS) is 10.6. The molecular formula is C12H19NO4. The molecule has 5 heteroatoms. The summed E-state index contributed by atoms with van der Waals surface area (Å²) in [5.41, 5.74) is -1.42. The molecule has 0 aromatic carbocycles. The van der Waals surface area contributed by atoms with E-state index in [-0.39, 0.29) is 19.4 Å². The van der Waals surface area contributed by atoms with Crippen molar-refractivity contribution in [1.29, 1.82) is 5.26 Å². The Morgan fingerprint density at radius 3 is 2.29 bits per heavy atom. The van der Waals surface area contributed by atoms with Gasteiger partial charge in [0.1, 0.15) is 0 Å². The minimum Gasteiger partial charge on any atom is -0.480 e. The number of aliphatic carboxylic acids is 1. The van der Waals surface area contributed by atoms with E-state index in [1.165, 1.54) is 0 Å². The standard InChI is InChI=1S/C12H19NO4/c1-3-12(4-2,10(14)15)11(16)17-9-7-5-6-8-13/h3-7,9H2,1-2H3,(H,14,15). The molecule has 0 aromatic rings. The number of nitriles is 1. The van der Waals surface area contributed by atoms with Crippen molar-refractivity contribution in [3.63, 3.8) is 0 Å². The van der Waals surface area contributed by atoms with E-state index in [1.807, 2.05) is 6.07 Å². The summed E-state index contributed by atoms with van der Waals surface area (Å²) in [5, 5.41) is 17.4. The van der Waals surface area contributed by atoms with Crippen molar-refractivity contribution in [2.45, 2.75) is 46.0 Å². The van der Waals surface area contributed by atoms with E-state index in [9.17, 15) is 9.59 Å². The van der Waals surface area contributed by atoms with Crippen LogP contribution in [0.15, 0.2) is 0 Å². The van der Waals surface area contributed by atoms with Crippen LogP contribution in [0.25, 0.3) is 0 Å². The Hall–Kier alpha value is -1.57. The molecule has 17 heavy (non-hydrogen) atoms. The second kappa shape index (κ2) is 7.66. The summed E-state index contributed by atoms with van der Waals surface area (Å²) in [6.07, 6.45) is 2.10. The molecule has 0 aliphatic rings. The van der Waals surface area contributed by atoms with Crippen LogP contribution in [-0.2, 0) is 14.3 Å². The van der Waals surface area contributed by atoms with Gasteiger partial charge >= 0.3 is 11.9 Å². The van der Waals surface area contributed by atoms with Crippen molar-refractivity contribution in [2.24, 2.45) is 5.41 Å². The van der Waals surface area contributed by atoms with Crippen LogP contribution in [-0.4, -0.2) is 23.7 Å². The largest absolute Gasteiger partial charge is 0.480 e. The van der Waals surface area contributed by atoms with Crippen molar-refractivity contribution in [2.75, 3.05) is 6.61 Å². The summed E-state index contributed by atoms with van der Waals surface area (Å²) in [5.74, 6) is -1.81. The van der Waals surface area contributed by atoms with Crippen LogP contribution in [0.5, 0.6) is 0 Å². The van der Waals surface area contributed by atoms with Crippen molar-refractivity contribution >= 4 is 11.9 Å². The van der Waals surface area contributed by atoms with E-state index in [2.05, 4.69) is 0 Å². The van der Waals surface area contributed by atoms with Gasteiger partial charge in [-0.1, -0.05) is 13.8 Å². The number of carboxylic acids is 1.